The first-order chi connectivity index (χ1) is 8.04. The second kappa shape index (κ2) is 4.96. The predicted octanol–water partition coefficient (Wildman–Crippen LogP) is 2.24. The Bertz CT molecular complexity index is 484. The monoisotopic (exact) mass is 273 g/mol. The van der Waals surface area contributed by atoms with E-state index < -0.39 is 10.0 Å². The highest BCUT2D eigenvalue weighted by atomic mass is 35.5. The van der Waals surface area contributed by atoms with Crippen LogP contribution >= 0.6 is 11.6 Å². The Labute approximate surface area is 107 Å². The van der Waals surface area contributed by atoms with Crippen molar-refractivity contribution >= 4 is 21.6 Å². The van der Waals surface area contributed by atoms with Crippen molar-refractivity contribution in [1.82, 2.24) is 4.31 Å². The van der Waals surface area contributed by atoms with Crippen LogP contribution < -0.4 is 0 Å². The van der Waals surface area contributed by atoms with Crippen molar-refractivity contribution in [3.8, 4) is 0 Å². The fraction of sp³-hybridized carbons (Fsp3) is 0.500. The molecule has 0 aromatic heterocycles. The second-order valence-corrected chi connectivity index (χ2v) is 6.73. The van der Waals surface area contributed by atoms with Crippen LogP contribution in [0.15, 0.2) is 29.2 Å². The summed E-state index contributed by atoms with van der Waals surface area (Å²) in [6.07, 6.45) is 0.856. The lowest BCUT2D eigenvalue weighted by atomic mass is 10.2. The molecule has 1 heterocycles. The van der Waals surface area contributed by atoms with Crippen LogP contribution in [0.5, 0.6) is 0 Å². The van der Waals surface area contributed by atoms with E-state index in [2.05, 4.69) is 0 Å². The first-order valence-corrected chi connectivity index (χ1v) is 7.64. The van der Waals surface area contributed by atoms with Crippen LogP contribution in [0.2, 0.25) is 0 Å². The number of nitrogens with zero attached hydrogens (tertiary/aromatic N) is 1. The molecule has 1 fully saturated rings. The van der Waals surface area contributed by atoms with Gasteiger partial charge in [0.15, 0.2) is 0 Å². The number of aryl methyl sites for hydroxylation is 1. The summed E-state index contributed by atoms with van der Waals surface area (Å²) in [5.41, 5.74) is 1.06. The molecule has 1 atom stereocenters. The van der Waals surface area contributed by atoms with Crippen LogP contribution in [0.25, 0.3) is 0 Å². The van der Waals surface area contributed by atoms with Gasteiger partial charge >= 0.3 is 0 Å². The Balaban J connectivity index is 2.22. The zero-order valence-corrected chi connectivity index (χ0v) is 11.3. The van der Waals surface area contributed by atoms with E-state index in [0.717, 1.165) is 12.0 Å². The molecule has 0 N–H and O–H groups in total. The first-order valence-electron chi connectivity index (χ1n) is 5.67. The molecule has 0 aliphatic carbocycles. The molecule has 0 spiro atoms. The van der Waals surface area contributed by atoms with E-state index in [1.165, 1.54) is 4.31 Å². The number of sulfonamides is 1. The average molecular weight is 274 g/mol. The minimum Gasteiger partial charge on any atom is -0.207 e. The summed E-state index contributed by atoms with van der Waals surface area (Å²) in [5.74, 6) is 0.816. The largest absolute Gasteiger partial charge is 0.243 e. The molecule has 2 rings (SSSR count). The van der Waals surface area contributed by atoms with Crippen LogP contribution in [-0.4, -0.2) is 31.7 Å². The fourth-order valence-electron chi connectivity index (χ4n) is 2.00. The molecular weight excluding hydrogens is 258 g/mol. The number of benzene rings is 1. The molecule has 3 nitrogen and oxygen atoms in total. The minimum atomic E-state index is -3.32. The third-order valence-electron chi connectivity index (χ3n) is 3.13. The number of rotatable bonds is 3. The predicted molar refractivity (Wildman–Crippen MR) is 68.8 cm³/mol. The molecular formula is C12H16ClNO2S. The van der Waals surface area contributed by atoms with Crippen LogP contribution in [0.1, 0.15) is 12.0 Å². The van der Waals surface area contributed by atoms with Crippen molar-refractivity contribution in [3.05, 3.63) is 29.8 Å². The second-order valence-electron chi connectivity index (χ2n) is 4.49. The van der Waals surface area contributed by atoms with Crippen molar-refractivity contribution in [2.45, 2.75) is 18.2 Å². The molecule has 17 heavy (non-hydrogen) atoms. The molecule has 0 amide bonds. The molecule has 94 valence electrons. The SMILES string of the molecule is Cc1ccc(S(=O)(=O)N2CCC(CCl)C2)cc1. The van der Waals surface area contributed by atoms with E-state index in [0.29, 0.717) is 23.9 Å². The van der Waals surface area contributed by atoms with E-state index in [4.69, 9.17) is 11.6 Å². The van der Waals surface area contributed by atoms with Crippen molar-refractivity contribution in [2.75, 3.05) is 19.0 Å². The molecule has 1 aromatic rings. The molecule has 1 aliphatic heterocycles. The summed E-state index contributed by atoms with van der Waals surface area (Å²) >= 11 is 5.77. The Morgan fingerprint density at radius 1 is 1.35 bits per heavy atom. The number of halogens is 1. The highest BCUT2D eigenvalue weighted by molar-refractivity contribution is 7.89. The van der Waals surface area contributed by atoms with E-state index in [1.54, 1.807) is 12.1 Å². The lowest BCUT2D eigenvalue weighted by Crippen LogP contribution is -2.29. The van der Waals surface area contributed by atoms with Crippen molar-refractivity contribution in [2.24, 2.45) is 5.92 Å². The summed E-state index contributed by atoms with van der Waals surface area (Å²) in [6, 6.07) is 6.97. The summed E-state index contributed by atoms with van der Waals surface area (Å²) in [7, 11) is -3.32. The molecule has 5 heteroatoms. The van der Waals surface area contributed by atoms with Crippen molar-refractivity contribution in [1.29, 1.82) is 0 Å². The molecule has 1 aliphatic rings. The summed E-state index contributed by atoms with van der Waals surface area (Å²) in [4.78, 5) is 0.373. The third-order valence-corrected chi connectivity index (χ3v) is 5.44. The smallest absolute Gasteiger partial charge is 0.207 e. The summed E-state index contributed by atoms with van der Waals surface area (Å²) < 4.78 is 26.1. The van der Waals surface area contributed by atoms with Gasteiger partial charge in [-0.15, -0.1) is 11.6 Å². The zero-order chi connectivity index (χ0) is 12.5. The molecule has 1 saturated heterocycles. The van der Waals surface area contributed by atoms with Gasteiger partial charge in [-0.25, -0.2) is 8.42 Å². The van der Waals surface area contributed by atoms with E-state index in [-0.39, 0.29) is 5.92 Å². The quantitative estimate of drug-likeness (QED) is 0.792. The maximum Gasteiger partial charge on any atom is 0.243 e. The van der Waals surface area contributed by atoms with Crippen LogP contribution in [0, 0.1) is 12.8 Å². The van der Waals surface area contributed by atoms with E-state index >= 15 is 0 Å². The molecule has 1 aromatic carbocycles. The van der Waals surface area contributed by atoms with Gasteiger partial charge in [-0.2, -0.15) is 4.31 Å². The van der Waals surface area contributed by atoms with Crippen molar-refractivity contribution < 1.29 is 8.42 Å². The van der Waals surface area contributed by atoms with Crippen LogP contribution in [0.3, 0.4) is 0 Å². The van der Waals surface area contributed by atoms with Gasteiger partial charge in [0.05, 0.1) is 4.90 Å². The van der Waals surface area contributed by atoms with Gasteiger partial charge in [-0.1, -0.05) is 17.7 Å². The van der Waals surface area contributed by atoms with Gasteiger partial charge in [0, 0.05) is 19.0 Å². The van der Waals surface area contributed by atoms with Gasteiger partial charge < -0.3 is 0 Å². The van der Waals surface area contributed by atoms with Gasteiger partial charge in [0.2, 0.25) is 10.0 Å². The molecule has 0 saturated carbocycles. The van der Waals surface area contributed by atoms with Crippen LogP contribution in [0.4, 0.5) is 0 Å². The van der Waals surface area contributed by atoms with E-state index in [1.807, 2.05) is 19.1 Å². The average Bonchev–Trinajstić information content (AvgIpc) is 2.78. The van der Waals surface area contributed by atoms with Crippen LogP contribution in [-0.2, 0) is 10.0 Å². The highest BCUT2D eigenvalue weighted by Gasteiger charge is 2.31. The fourth-order valence-corrected chi connectivity index (χ4v) is 3.78. The Kier molecular flexibility index (Phi) is 3.76. The number of hydrogen-bond acceptors (Lipinski definition) is 2. The maximum atomic E-state index is 12.3. The lowest BCUT2D eigenvalue weighted by molar-refractivity contribution is 0.465. The minimum absolute atomic E-state index is 0.289. The molecule has 0 radical (unpaired) electrons. The van der Waals surface area contributed by atoms with Gasteiger partial charge in [-0.3, -0.25) is 0 Å². The first kappa shape index (κ1) is 12.9. The standard InChI is InChI=1S/C12H16ClNO2S/c1-10-2-4-12(5-3-10)17(15,16)14-7-6-11(8-13)9-14/h2-5,11H,6-9H2,1H3. The Hall–Kier alpha value is -0.580. The Morgan fingerprint density at radius 2 is 2.00 bits per heavy atom. The van der Waals surface area contributed by atoms with Gasteiger partial charge in [-0.05, 0) is 31.4 Å². The Morgan fingerprint density at radius 3 is 2.53 bits per heavy atom. The maximum absolute atomic E-state index is 12.3. The number of alkyl halides is 1. The zero-order valence-electron chi connectivity index (χ0n) is 9.77. The van der Waals surface area contributed by atoms with Gasteiger partial charge in [0.1, 0.15) is 0 Å². The highest BCUT2D eigenvalue weighted by Crippen LogP contribution is 2.25. The lowest BCUT2D eigenvalue weighted by Gasteiger charge is -2.16. The summed E-state index contributed by atoms with van der Waals surface area (Å²) in [6.45, 7) is 3.06. The number of hydrogen-bond donors (Lipinski definition) is 0. The molecule has 1 unspecified atom stereocenters. The topological polar surface area (TPSA) is 37.4 Å². The third kappa shape index (κ3) is 2.64. The normalized spacial score (nSPS) is 21.9. The van der Waals surface area contributed by atoms with E-state index in [9.17, 15) is 8.42 Å². The van der Waals surface area contributed by atoms with Gasteiger partial charge in [0.25, 0.3) is 0 Å². The van der Waals surface area contributed by atoms with Crippen molar-refractivity contribution in [3.63, 3.8) is 0 Å². The molecule has 0 bridgehead atoms. The summed E-state index contributed by atoms with van der Waals surface area (Å²) in [5, 5.41) is 0.